The van der Waals surface area contributed by atoms with Crippen LogP contribution in [0.5, 0.6) is 0 Å². The SMILES string of the molecule is COCC(C)(NC(=S)Nc1c(N)cccc1CCNC(N)=O)c1ccc(F)c(Cl)c1. The van der Waals surface area contributed by atoms with E-state index in [0.717, 1.165) is 5.56 Å². The molecular weight excluding hydrogens is 429 g/mol. The molecular formula is C20H25ClFN5O2S. The first-order valence-electron chi connectivity index (χ1n) is 9.10. The van der Waals surface area contributed by atoms with Gasteiger partial charge < -0.3 is 32.2 Å². The van der Waals surface area contributed by atoms with Crippen LogP contribution in [0.3, 0.4) is 0 Å². The molecule has 0 aliphatic rings. The lowest BCUT2D eigenvalue weighted by Crippen LogP contribution is -2.48. The summed E-state index contributed by atoms with van der Waals surface area (Å²) in [7, 11) is 1.56. The number of halogens is 2. The number of rotatable bonds is 8. The quantitative estimate of drug-likeness (QED) is 0.310. The summed E-state index contributed by atoms with van der Waals surface area (Å²) >= 11 is 11.5. The molecule has 2 amide bonds. The molecule has 0 saturated heterocycles. The van der Waals surface area contributed by atoms with Crippen molar-refractivity contribution >= 4 is 46.3 Å². The first-order chi connectivity index (χ1) is 14.2. The maximum Gasteiger partial charge on any atom is 0.312 e. The third kappa shape index (κ3) is 6.19. The average Bonchev–Trinajstić information content (AvgIpc) is 2.66. The zero-order valence-electron chi connectivity index (χ0n) is 16.7. The van der Waals surface area contributed by atoms with Gasteiger partial charge in [0.25, 0.3) is 0 Å². The number of carbonyl (C=O) groups excluding carboxylic acids is 1. The molecule has 30 heavy (non-hydrogen) atoms. The summed E-state index contributed by atoms with van der Waals surface area (Å²) < 4.78 is 18.9. The minimum atomic E-state index is -0.784. The highest BCUT2D eigenvalue weighted by Gasteiger charge is 2.28. The van der Waals surface area contributed by atoms with Crippen molar-refractivity contribution in [2.45, 2.75) is 18.9 Å². The van der Waals surface area contributed by atoms with E-state index in [4.69, 9.17) is 40.0 Å². The summed E-state index contributed by atoms with van der Waals surface area (Å²) in [4.78, 5) is 10.9. The lowest BCUT2D eigenvalue weighted by Gasteiger charge is -2.32. The van der Waals surface area contributed by atoms with Crippen molar-refractivity contribution in [3.8, 4) is 0 Å². The van der Waals surface area contributed by atoms with E-state index in [1.54, 1.807) is 19.2 Å². The maximum atomic E-state index is 13.6. The highest BCUT2D eigenvalue weighted by molar-refractivity contribution is 7.80. The van der Waals surface area contributed by atoms with Gasteiger partial charge >= 0.3 is 6.03 Å². The molecule has 10 heteroatoms. The smallest absolute Gasteiger partial charge is 0.312 e. The highest BCUT2D eigenvalue weighted by Crippen LogP contribution is 2.28. The molecule has 0 fully saturated rings. The Hall–Kier alpha value is -2.62. The molecule has 0 aliphatic carbocycles. The van der Waals surface area contributed by atoms with Crippen molar-refractivity contribution in [1.29, 1.82) is 0 Å². The van der Waals surface area contributed by atoms with Crippen LogP contribution in [0, 0.1) is 5.82 Å². The molecule has 2 rings (SSSR count). The first kappa shape index (κ1) is 23.7. The Kier molecular flexibility index (Phi) is 8.22. The van der Waals surface area contributed by atoms with Crippen molar-refractivity contribution in [2.24, 2.45) is 5.73 Å². The van der Waals surface area contributed by atoms with Crippen LogP contribution in [0.4, 0.5) is 20.6 Å². The largest absolute Gasteiger partial charge is 0.397 e. The van der Waals surface area contributed by atoms with Gasteiger partial charge in [-0.15, -0.1) is 0 Å². The van der Waals surface area contributed by atoms with Crippen LogP contribution in [0.2, 0.25) is 5.02 Å². The third-order valence-corrected chi connectivity index (χ3v) is 4.99. The standard InChI is InChI=1S/C20H25ClFN5O2S/c1-20(11-29-2,13-6-7-15(22)14(21)10-13)27-19(30)26-17-12(4-3-5-16(17)23)8-9-25-18(24)28/h3-7,10H,8-9,11,23H2,1-2H3,(H3,24,25,28)(H2,26,27,30). The summed E-state index contributed by atoms with van der Waals surface area (Å²) in [6.45, 7) is 2.46. The van der Waals surface area contributed by atoms with Crippen molar-refractivity contribution in [1.82, 2.24) is 10.6 Å². The molecule has 0 spiro atoms. The van der Waals surface area contributed by atoms with Crippen LogP contribution in [0.1, 0.15) is 18.1 Å². The molecule has 162 valence electrons. The fourth-order valence-corrected chi connectivity index (χ4v) is 3.52. The molecule has 0 heterocycles. The van der Waals surface area contributed by atoms with Gasteiger partial charge in [-0.25, -0.2) is 9.18 Å². The number of amides is 2. The Bertz CT molecular complexity index is 930. The number of nitrogen functional groups attached to an aromatic ring is 1. The summed E-state index contributed by atoms with van der Waals surface area (Å²) in [5.41, 5.74) is 13.1. The molecule has 2 aromatic rings. The lowest BCUT2D eigenvalue weighted by atomic mass is 9.93. The number of hydrogen-bond donors (Lipinski definition) is 5. The number of para-hydroxylation sites is 1. The van der Waals surface area contributed by atoms with Crippen LogP contribution in [-0.2, 0) is 16.7 Å². The molecule has 0 radical (unpaired) electrons. The predicted octanol–water partition coefficient (Wildman–Crippen LogP) is 3.12. The molecule has 1 unspecified atom stereocenters. The fraction of sp³-hybridized carbons (Fsp3) is 0.300. The fourth-order valence-electron chi connectivity index (χ4n) is 3.02. The second kappa shape index (κ2) is 10.4. The molecule has 7 nitrogen and oxygen atoms in total. The molecule has 7 N–H and O–H groups in total. The van der Waals surface area contributed by atoms with Gasteiger partial charge in [0.15, 0.2) is 5.11 Å². The number of nitrogens with two attached hydrogens (primary N) is 2. The number of primary amides is 1. The second-order valence-corrected chi connectivity index (χ2v) is 7.71. The van der Waals surface area contributed by atoms with Gasteiger partial charge in [-0.1, -0.05) is 29.8 Å². The number of benzene rings is 2. The van der Waals surface area contributed by atoms with Crippen molar-refractivity contribution in [3.05, 3.63) is 58.4 Å². The van der Waals surface area contributed by atoms with E-state index in [2.05, 4.69) is 16.0 Å². The molecule has 0 bridgehead atoms. The van der Waals surface area contributed by atoms with E-state index in [9.17, 15) is 9.18 Å². The number of urea groups is 1. The lowest BCUT2D eigenvalue weighted by molar-refractivity contribution is 0.130. The number of nitrogens with one attached hydrogen (secondary N) is 3. The van der Waals surface area contributed by atoms with Crippen LogP contribution < -0.4 is 27.4 Å². The number of anilines is 2. The van der Waals surface area contributed by atoms with E-state index in [-0.39, 0.29) is 16.7 Å². The van der Waals surface area contributed by atoms with E-state index in [1.807, 2.05) is 19.1 Å². The molecule has 0 saturated carbocycles. The zero-order valence-corrected chi connectivity index (χ0v) is 18.3. The number of thiocarbonyl (C=S) groups is 1. The number of carbonyl (C=O) groups is 1. The van der Waals surface area contributed by atoms with Crippen LogP contribution in [0.15, 0.2) is 36.4 Å². The minimum Gasteiger partial charge on any atom is -0.397 e. The van der Waals surface area contributed by atoms with Crippen molar-refractivity contribution in [2.75, 3.05) is 31.3 Å². The zero-order chi connectivity index (χ0) is 22.3. The van der Waals surface area contributed by atoms with Gasteiger partial charge in [0, 0.05) is 13.7 Å². The Morgan fingerprint density at radius 3 is 2.70 bits per heavy atom. The van der Waals surface area contributed by atoms with Crippen molar-refractivity contribution in [3.63, 3.8) is 0 Å². The molecule has 0 aromatic heterocycles. The Morgan fingerprint density at radius 1 is 1.33 bits per heavy atom. The monoisotopic (exact) mass is 453 g/mol. The number of ether oxygens (including phenoxy) is 1. The van der Waals surface area contributed by atoms with E-state index >= 15 is 0 Å². The van der Waals surface area contributed by atoms with Gasteiger partial charge in [0.2, 0.25) is 0 Å². The first-order valence-corrected chi connectivity index (χ1v) is 9.89. The third-order valence-electron chi connectivity index (χ3n) is 4.49. The summed E-state index contributed by atoms with van der Waals surface area (Å²) in [5, 5.41) is 9.16. The maximum absolute atomic E-state index is 13.6. The minimum absolute atomic E-state index is 0.00652. The van der Waals surface area contributed by atoms with Gasteiger partial charge in [0.05, 0.1) is 28.5 Å². The van der Waals surface area contributed by atoms with Gasteiger partial charge in [-0.3, -0.25) is 0 Å². The molecule has 1 atom stereocenters. The summed E-state index contributed by atoms with van der Waals surface area (Å²) in [6.07, 6.45) is 0.502. The molecule has 0 aliphatic heterocycles. The van der Waals surface area contributed by atoms with Crippen molar-refractivity contribution < 1.29 is 13.9 Å². The predicted molar refractivity (Wildman–Crippen MR) is 122 cm³/mol. The van der Waals surface area contributed by atoms with E-state index < -0.39 is 17.4 Å². The average molecular weight is 454 g/mol. The van der Waals surface area contributed by atoms with Crippen LogP contribution in [0.25, 0.3) is 0 Å². The highest BCUT2D eigenvalue weighted by atomic mass is 35.5. The Labute approximate surface area is 185 Å². The Morgan fingerprint density at radius 2 is 2.07 bits per heavy atom. The number of methoxy groups -OCH3 is 1. The number of hydrogen-bond acceptors (Lipinski definition) is 4. The van der Waals surface area contributed by atoms with Gasteiger partial charge in [-0.2, -0.15) is 0 Å². The van der Waals surface area contributed by atoms with Gasteiger partial charge in [0.1, 0.15) is 5.82 Å². The summed E-state index contributed by atoms with van der Waals surface area (Å²) in [6, 6.07) is 9.27. The van der Waals surface area contributed by atoms with Gasteiger partial charge in [-0.05, 0) is 54.9 Å². The topological polar surface area (TPSA) is 114 Å². The summed E-state index contributed by atoms with van der Waals surface area (Å²) in [5.74, 6) is -0.507. The van der Waals surface area contributed by atoms with Crippen LogP contribution >= 0.6 is 23.8 Å². The molecule has 2 aromatic carbocycles. The second-order valence-electron chi connectivity index (χ2n) is 6.90. The van der Waals surface area contributed by atoms with E-state index in [1.165, 1.54) is 12.1 Å². The van der Waals surface area contributed by atoms with E-state index in [0.29, 0.717) is 29.9 Å². The Balaban J connectivity index is 2.21. The normalized spacial score (nSPS) is 12.7. The van der Waals surface area contributed by atoms with Crippen LogP contribution in [-0.4, -0.2) is 31.4 Å².